The summed E-state index contributed by atoms with van der Waals surface area (Å²) in [4.78, 5) is 13.9. The summed E-state index contributed by atoms with van der Waals surface area (Å²) < 4.78 is 18.4. The van der Waals surface area contributed by atoms with Crippen molar-refractivity contribution in [3.05, 3.63) is 53.6 Å². The van der Waals surface area contributed by atoms with Gasteiger partial charge >= 0.3 is 0 Å². The first-order valence-electron chi connectivity index (χ1n) is 7.66. The molecule has 1 saturated heterocycles. The van der Waals surface area contributed by atoms with Crippen LogP contribution in [-0.2, 0) is 0 Å². The molecule has 2 aromatic rings. The fourth-order valence-electron chi connectivity index (χ4n) is 2.57. The van der Waals surface area contributed by atoms with Crippen molar-refractivity contribution < 1.29 is 19.0 Å². The summed E-state index contributed by atoms with van der Waals surface area (Å²) in [5.41, 5.74) is -0.149. The standard InChI is InChI=1S/C17H18FN3O3/c1-12-2-7-15(20-19-12)16(22)21-9-8-17(23,10-21)11-24-14-5-3-13(18)4-6-14/h2-7,23H,8-11H2,1H3. The molecule has 0 spiro atoms. The second-order valence-electron chi connectivity index (χ2n) is 6.00. The van der Waals surface area contributed by atoms with Crippen LogP contribution in [0.5, 0.6) is 5.75 Å². The number of carbonyl (C=O) groups is 1. The molecule has 1 atom stereocenters. The van der Waals surface area contributed by atoms with E-state index in [9.17, 15) is 14.3 Å². The maximum Gasteiger partial charge on any atom is 0.274 e. The average molecular weight is 331 g/mol. The molecule has 1 amide bonds. The van der Waals surface area contributed by atoms with Gasteiger partial charge in [0.05, 0.1) is 12.2 Å². The second-order valence-corrected chi connectivity index (χ2v) is 6.00. The predicted molar refractivity (Wildman–Crippen MR) is 84.1 cm³/mol. The quantitative estimate of drug-likeness (QED) is 0.920. The fourth-order valence-corrected chi connectivity index (χ4v) is 2.57. The SMILES string of the molecule is Cc1ccc(C(=O)N2CCC(O)(COc3ccc(F)cc3)C2)nn1. The molecule has 0 aliphatic carbocycles. The van der Waals surface area contributed by atoms with Crippen LogP contribution in [0.3, 0.4) is 0 Å². The number of ether oxygens (including phenoxy) is 1. The number of likely N-dealkylation sites (tertiary alicyclic amines) is 1. The summed E-state index contributed by atoms with van der Waals surface area (Å²) in [5, 5.41) is 18.3. The van der Waals surface area contributed by atoms with Gasteiger partial charge in [0, 0.05) is 6.54 Å². The summed E-state index contributed by atoms with van der Waals surface area (Å²) >= 11 is 0. The number of β-amino-alcohol motifs (C(OH)–C–C–N with tert-alkyl or cyclic N) is 1. The molecule has 6 nitrogen and oxygen atoms in total. The highest BCUT2D eigenvalue weighted by Gasteiger charge is 2.39. The molecule has 1 aliphatic heterocycles. The van der Waals surface area contributed by atoms with Gasteiger partial charge in [-0.1, -0.05) is 0 Å². The first-order valence-corrected chi connectivity index (χ1v) is 7.66. The lowest BCUT2D eigenvalue weighted by atomic mass is 10.1. The maximum atomic E-state index is 12.9. The van der Waals surface area contributed by atoms with E-state index in [0.29, 0.717) is 18.7 Å². The van der Waals surface area contributed by atoms with Crippen molar-refractivity contribution in [1.82, 2.24) is 15.1 Å². The topological polar surface area (TPSA) is 75.6 Å². The van der Waals surface area contributed by atoms with Crippen LogP contribution >= 0.6 is 0 Å². The van der Waals surface area contributed by atoms with Crippen molar-refractivity contribution in [3.63, 3.8) is 0 Å². The van der Waals surface area contributed by atoms with E-state index in [-0.39, 0.29) is 30.6 Å². The summed E-state index contributed by atoms with van der Waals surface area (Å²) in [6.07, 6.45) is 0.402. The molecule has 0 bridgehead atoms. The van der Waals surface area contributed by atoms with E-state index < -0.39 is 5.60 Å². The van der Waals surface area contributed by atoms with Crippen molar-refractivity contribution >= 4 is 5.91 Å². The van der Waals surface area contributed by atoms with E-state index in [1.807, 2.05) is 0 Å². The number of benzene rings is 1. The lowest BCUT2D eigenvalue weighted by molar-refractivity contribution is 0.00422. The van der Waals surface area contributed by atoms with Gasteiger partial charge in [0.15, 0.2) is 5.69 Å². The lowest BCUT2D eigenvalue weighted by Gasteiger charge is -2.23. The Kier molecular flexibility index (Phi) is 4.44. The Morgan fingerprint density at radius 1 is 1.29 bits per heavy atom. The molecule has 1 aromatic heterocycles. The van der Waals surface area contributed by atoms with E-state index in [2.05, 4.69) is 10.2 Å². The van der Waals surface area contributed by atoms with Crippen LogP contribution in [0.25, 0.3) is 0 Å². The second kappa shape index (κ2) is 6.52. The zero-order valence-electron chi connectivity index (χ0n) is 13.3. The number of hydrogen-bond acceptors (Lipinski definition) is 5. The number of carbonyl (C=O) groups excluding carboxylic acids is 1. The van der Waals surface area contributed by atoms with Crippen LogP contribution in [0.15, 0.2) is 36.4 Å². The summed E-state index contributed by atoms with van der Waals surface area (Å²) in [7, 11) is 0. The van der Waals surface area contributed by atoms with Gasteiger partial charge in [-0.05, 0) is 49.7 Å². The van der Waals surface area contributed by atoms with Crippen molar-refractivity contribution in [3.8, 4) is 5.75 Å². The molecule has 0 saturated carbocycles. The highest BCUT2D eigenvalue weighted by atomic mass is 19.1. The molecule has 24 heavy (non-hydrogen) atoms. The fraction of sp³-hybridized carbons (Fsp3) is 0.353. The van der Waals surface area contributed by atoms with Crippen molar-refractivity contribution in [2.75, 3.05) is 19.7 Å². The minimum atomic E-state index is -1.14. The number of aromatic nitrogens is 2. The van der Waals surface area contributed by atoms with E-state index in [1.165, 1.54) is 29.2 Å². The smallest absolute Gasteiger partial charge is 0.274 e. The molecule has 1 aliphatic rings. The molecule has 1 unspecified atom stereocenters. The lowest BCUT2D eigenvalue weighted by Crippen LogP contribution is -2.40. The molecule has 7 heteroatoms. The van der Waals surface area contributed by atoms with E-state index in [0.717, 1.165) is 5.69 Å². The minimum Gasteiger partial charge on any atom is -0.491 e. The number of rotatable bonds is 4. The summed E-state index contributed by atoms with van der Waals surface area (Å²) in [6.45, 7) is 2.39. The van der Waals surface area contributed by atoms with Crippen LogP contribution in [0.2, 0.25) is 0 Å². The third kappa shape index (κ3) is 3.68. The molecule has 2 heterocycles. The average Bonchev–Trinajstić information content (AvgIpc) is 2.97. The zero-order chi connectivity index (χ0) is 17.2. The molecule has 0 radical (unpaired) electrons. The van der Waals surface area contributed by atoms with Gasteiger partial charge in [-0.3, -0.25) is 4.79 Å². The monoisotopic (exact) mass is 331 g/mol. The highest BCUT2D eigenvalue weighted by Crippen LogP contribution is 2.24. The normalized spacial score (nSPS) is 20.2. The van der Waals surface area contributed by atoms with Gasteiger partial charge < -0.3 is 14.7 Å². The Balaban J connectivity index is 1.59. The van der Waals surface area contributed by atoms with Crippen molar-refractivity contribution in [2.24, 2.45) is 0 Å². The minimum absolute atomic E-state index is 0.0298. The number of halogens is 1. The Morgan fingerprint density at radius 3 is 2.71 bits per heavy atom. The first-order chi connectivity index (χ1) is 11.5. The van der Waals surface area contributed by atoms with E-state index in [1.54, 1.807) is 19.1 Å². The molecule has 1 fully saturated rings. The van der Waals surface area contributed by atoms with Crippen molar-refractivity contribution in [2.45, 2.75) is 18.9 Å². The highest BCUT2D eigenvalue weighted by molar-refractivity contribution is 5.92. The van der Waals surface area contributed by atoms with Gasteiger partial charge in [0.2, 0.25) is 0 Å². The molecular formula is C17H18FN3O3. The van der Waals surface area contributed by atoms with Crippen molar-refractivity contribution in [1.29, 1.82) is 0 Å². The Bertz CT molecular complexity index is 721. The Hall–Kier alpha value is -2.54. The Labute approximate surface area is 138 Å². The van der Waals surface area contributed by atoms with E-state index >= 15 is 0 Å². The van der Waals surface area contributed by atoms with Crippen LogP contribution in [0.1, 0.15) is 22.6 Å². The first kappa shape index (κ1) is 16.3. The molecule has 1 N–H and O–H groups in total. The molecular weight excluding hydrogens is 313 g/mol. The summed E-state index contributed by atoms with van der Waals surface area (Å²) in [5.74, 6) is -0.142. The third-order valence-corrected chi connectivity index (χ3v) is 3.96. The number of aryl methyl sites for hydroxylation is 1. The predicted octanol–water partition coefficient (Wildman–Crippen LogP) is 1.58. The van der Waals surface area contributed by atoms with Gasteiger partial charge in [0.1, 0.15) is 23.8 Å². The largest absolute Gasteiger partial charge is 0.491 e. The molecule has 126 valence electrons. The number of aliphatic hydroxyl groups is 1. The van der Waals surface area contributed by atoms with Gasteiger partial charge in [-0.15, -0.1) is 5.10 Å². The van der Waals surface area contributed by atoms with Gasteiger partial charge in [-0.2, -0.15) is 5.10 Å². The number of nitrogens with zero attached hydrogens (tertiary/aromatic N) is 3. The molecule has 3 rings (SSSR count). The third-order valence-electron chi connectivity index (χ3n) is 3.96. The summed E-state index contributed by atoms with van der Waals surface area (Å²) in [6, 6.07) is 8.92. The molecule has 1 aromatic carbocycles. The van der Waals surface area contributed by atoms with Crippen LogP contribution in [0, 0.1) is 12.7 Å². The van der Waals surface area contributed by atoms with Gasteiger partial charge in [0.25, 0.3) is 5.91 Å². The van der Waals surface area contributed by atoms with Crippen LogP contribution in [-0.4, -0.2) is 51.4 Å². The Morgan fingerprint density at radius 2 is 2.04 bits per heavy atom. The number of hydrogen-bond donors (Lipinski definition) is 1. The zero-order valence-corrected chi connectivity index (χ0v) is 13.3. The van der Waals surface area contributed by atoms with Gasteiger partial charge in [-0.25, -0.2) is 4.39 Å². The van der Waals surface area contributed by atoms with Crippen LogP contribution in [0.4, 0.5) is 4.39 Å². The maximum absolute atomic E-state index is 12.9. The number of amides is 1. The van der Waals surface area contributed by atoms with Crippen LogP contribution < -0.4 is 4.74 Å². The van der Waals surface area contributed by atoms with E-state index in [4.69, 9.17) is 4.74 Å².